The monoisotopic (exact) mass is 261 g/mol. The molecule has 0 spiro atoms. The van der Waals surface area contributed by atoms with Gasteiger partial charge in [-0.05, 0) is 49.2 Å². The molecule has 2 N–H and O–H groups in total. The standard InChI is InChI=1S/C15H16ClNO/c1-10(2)18-13-5-3-4-11(8-13)12-6-7-15(17)14(16)9-12/h3-10H,17H2,1-2H3. The van der Waals surface area contributed by atoms with E-state index in [0.29, 0.717) is 10.7 Å². The molecule has 0 atom stereocenters. The highest BCUT2D eigenvalue weighted by molar-refractivity contribution is 6.33. The SMILES string of the molecule is CC(C)Oc1cccc(-c2ccc(N)c(Cl)c2)c1. The first kappa shape index (κ1) is 12.8. The summed E-state index contributed by atoms with van der Waals surface area (Å²) in [5.74, 6) is 0.857. The summed E-state index contributed by atoms with van der Waals surface area (Å²) in [6, 6.07) is 13.6. The molecule has 0 heterocycles. The maximum atomic E-state index is 6.03. The largest absolute Gasteiger partial charge is 0.491 e. The summed E-state index contributed by atoms with van der Waals surface area (Å²) in [6.07, 6.45) is 0.162. The van der Waals surface area contributed by atoms with Crippen molar-refractivity contribution in [2.45, 2.75) is 20.0 Å². The molecule has 0 saturated carbocycles. The van der Waals surface area contributed by atoms with Crippen LogP contribution in [0.1, 0.15) is 13.8 Å². The van der Waals surface area contributed by atoms with Gasteiger partial charge in [0.25, 0.3) is 0 Å². The summed E-state index contributed by atoms with van der Waals surface area (Å²) in [5, 5.41) is 0.572. The van der Waals surface area contributed by atoms with Gasteiger partial charge in [-0.2, -0.15) is 0 Å². The zero-order valence-corrected chi connectivity index (χ0v) is 11.2. The molecule has 94 valence electrons. The number of hydrogen-bond donors (Lipinski definition) is 1. The van der Waals surface area contributed by atoms with Crippen molar-refractivity contribution in [2.24, 2.45) is 0 Å². The lowest BCUT2D eigenvalue weighted by atomic mass is 10.1. The molecule has 0 bridgehead atoms. The molecule has 18 heavy (non-hydrogen) atoms. The highest BCUT2D eigenvalue weighted by atomic mass is 35.5. The zero-order chi connectivity index (χ0) is 13.1. The first-order valence-corrected chi connectivity index (χ1v) is 6.26. The van der Waals surface area contributed by atoms with Gasteiger partial charge in [0.1, 0.15) is 5.75 Å². The number of nitrogen functional groups attached to an aromatic ring is 1. The molecule has 0 aliphatic rings. The van der Waals surface area contributed by atoms with Crippen LogP contribution in [0, 0.1) is 0 Å². The van der Waals surface area contributed by atoms with Crippen LogP contribution in [0.5, 0.6) is 5.75 Å². The number of ether oxygens (including phenoxy) is 1. The fraction of sp³-hybridized carbons (Fsp3) is 0.200. The van der Waals surface area contributed by atoms with E-state index in [1.54, 1.807) is 0 Å². The van der Waals surface area contributed by atoms with E-state index in [4.69, 9.17) is 22.1 Å². The quantitative estimate of drug-likeness (QED) is 0.833. The molecule has 0 aliphatic heterocycles. The highest BCUT2D eigenvalue weighted by Gasteiger charge is 2.04. The summed E-state index contributed by atoms with van der Waals surface area (Å²) in [5.41, 5.74) is 8.39. The van der Waals surface area contributed by atoms with Gasteiger partial charge in [-0.15, -0.1) is 0 Å². The fourth-order valence-electron chi connectivity index (χ4n) is 1.73. The van der Waals surface area contributed by atoms with Crippen molar-refractivity contribution in [3.05, 3.63) is 47.5 Å². The molecule has 2 aromatic rings. The number of anilines is 1. The van der Waals surface area contributed by atoms with Crippen molar-refractivity contribution in [1.29, 1.82) is 0 Å². The van der Waals surface area contributed by atoms with Gasteiger partial charge in [0.05, 0.1) is 16.8 Å². The van der Waals surface area contributed by atoms with E-state index in [9.17, 15) is 0 Å². The van der Waals surface area contributed by atoms with E-state index in [1.807, 2.05) is 56.3 Å². The normalized spacial score (nSPS) is 10.7. The average molecular weight is 262 g/mol. The number of benzene rings is 2. The maximum absolute atomic E-state index is 6.03. The Balaban J connectivity index is 2.35. The van der Waals surface area contributed by atoms with Crippen LogP contribution in [0.4, 0.5) is 5.69 Å². The first-order chi connectivity index (χ1) is 8.56. The molecule has 3 heteroatoms. The van der Waals surface area contributed by atoms with Crippen molar-refractivity contribution in [2.75, 3.05) is 5.73 Å². The Kier molecular flexibility index (Phi) is 3.78. The molecule has 0 amide bonds. The smallest absolute Gasteiger partial charge is 0.120 e. The Labute approximate surface area is 112 Å². The van der Waals surface area contributed by atoms with Crippen LogP contribution in [0.15, 0.2) is 42.5 Å². The maximum Gasteiger partial charge on any atom is 0.120 e. The van der Waals surface area contributed by atoms with Crippen LogP contribution in [-0.2, 0) is 0 Å². The molecule has 2 nitrogen and oxygen atoms in total. The third-order valence-corrected chi connectivity index (χ3v) is 2.87. The van der Waals surface area contributed by atoms with Crippen LogP contribution in [0.3, 0.4) is 0 Å². The van der Waals surface area contributed by atoms with Crippen molar-refractivity contribution >= 4 is 17.3 Å². The molecule has 0 unspecified atom stereocenters. The Morgan fingerprint density at radius 3 is 2.44 bits per heavy atom. The van der Waals surface area contributed by atoms with Crippen molar-refractivity contribution in [3.8, 4) is 16.9 Å². The molecule has 0 fully saturated rings. The second kappa shape index (κ2) is 5.32. The average Bonchev–Trinajstić information content (AvgIpc) is 2.32. The lowest BCUT2D eigenvalue weighted by Crippen LogP contribution is -2.05. The third-order valence-electron chi connectivity index (χ3n) is 2.54. The molecular formula is C15H16ClNO. The topological polar surface area (TPSA) is 35.2 Å². The summed E-state index contributed by atoms with van der Waals surface area (Å²) in [4.78, 5) is 0. The van der Waals surface area contributed by atoms with E-state index in [-0.39, 0.29) is 6.10 Å². The van der Waals surface area contributed by atoms with E-state index < -0.39 is 0 Å². The molecule has 2 rings (SSSR count). The molecule has 0 radical (unpaired) electrons. The minimum Gasteiger partial charge on any atom is -0.491 e. The van der Waals surface area contributed by atoms with Crippen LogP contribution in [0.2, 0.25) is 5.02 Å². The van der Waals surface area contributed by atoms with Crippen LogP contribution < -0.4 is 10.5 Å². The van der Waals surface area contributed by atoms with Crippen molar-refractivity contribution < 1.29 is 4.74 Å². The predicted molar refractivity (Wildman–Crippen MR) is 77.1 cm³/mol. The molecule has 0 aromatic heterocycles. The lowest BCUT2D eigenvalue weighted by molar-refractivity contribution is 0.242. The van der Waals surface area contributed by atoms with Crippen LogP contribution >= 0.6 is 11.6 Å². The van der Waals surface area contributed by atoms with E-state index in [1.165, 1.54) is 0 Å². The number of halogens is 1. The Hall–Kier alpha value is -1.67. The van der Waals surface area contributed by atoms with Crippen molar-refractivity contribution in [1.82, 2.24) is 0 Å². The van der Waals surface area contributed by atoms with Gasteiger partial charge in [-0.25, -0.2) is 0 Å². The van der Waals surface area contributed by atoms with E-state index in [2.05, 4.69) is 0 Å². The first-order valence-electron chi connectivity index (χ1n) is 5.88. The van der Waals surface area contributed by atoms with Gasteiger partial charge in [0.2, 0.25) is 0 Å². The molecular weight excluding hydrogens is 246 g/mol. The van der Waals surface area contributed by atoms with Gasteiger partial charge in [0.15, 0.2) is 0 Å². The van der Waals surface area contributed by atoms with Gasteiger partial charge in [-0.1, -0.05) is 29.8 Å². The molecule has 0 saturated heterocycles. The van der Waals surface area contributed by atoms with Crippen LogP contribution in [-0.4, -0.2) is 6.10 Å². The number of rotatable bonds is 3. The minimum absolute atomic E-state index is 0.162. The van der Waals surface area contributed by atoms with Gasteiger partial charge in [0, 0.05) is 0 Å². The highest BCUT2D eigenvalue weighted by Crippen LogP contribution is 2.29. The Morgan fingerprint density at radius 1 is 1.06 bits per heavy atom. The second-order valence-corrected chi connectivity index (χ2v) is 4.84. The third kappa shape index (κ3) is 2.96. The fourth-order valence-corrected chi connectivity index (χ4v) is 1.91. The second-order valence-electron chi connectivity index (χ2n) is 4.43. The lowest BCUT2D eigenvalue weighted by Gasteiger charge is -2.11. The number of nitrogens with two attached hydrogens (primary N) is 1. The molecule has 2 aromatic carbocycles. The van der Waals surface area contributed by atoms with E-state index in [0.717, 1.165) is 16.9 Å². The van der Waals surface area contributed by atoms with Gasteiger partial charge in [-0.3, -0.25) is 0 Å². The Morgan fingerprint density at radius 2 is 1.78 bits per heavy atom. The van der Waals surface area contributed by atoms with Gasteiger partial charge >= 0.3 is 0 Å². The summed E-state index contributed by atoms with van der Waals surface area (Å²) >= 11 is 6.03. The van der Waals surface area contributed by atoms with E-state index >= 15 is 0 Å². The summed E-state index contributed by atoms with van der Waals surface area (Å²) < 4.78 is 5.67. The van der Waals surface area contributed by atoms with Gasteiger partial charge < -0.3 is 10.5 Å². The summed E-state index contributed by atoms with van der Waals surface area (Å²) in [6.45, 7) is 4.01. The zero-order valence-electron chi connectivity index (χ0n) is 10.5. The Bertz CT molecular complexity index is 552. The van der Waals surface area contributed by atoms with Crippen molar-refractivity contribution in [3.63, 3.8) is 0 Å². The minimum atomic E-state index is 0.162. The summed E-state index contributed by atoms with van der Waals surface area (Å²) in [7, 11) is 0. The van der Waals surface area contributed by atoms with Crippen LogP contribution in [0.25, 0.3) is 11.1 Å². The predicted octanol–water partition coefficient (Wildman–Crippen LogP) is 4.38. The number of hydrogen-bond acceptors (Lipinski definition) is 2. The molecule has 0 aliphatic carbocycles.